The van der Waals surface area contributed by atoms with E-state index in [1.54, 1.807) is 16.8 Å². The van der Waals surface area contributed by atoms with Crippen molar-refractivity contribution in [2.45, 2.75) is 45.6 Å². The van der Waals surface area contributed by atoms with E-state index in [-0.39, 0.29) is 17.8 Å². The van der Waals surface area contributed by atoms with Crippen LogP contribution in [0.5, 0.6) is 0 Å². The van der Waals surface area contributed by atoms with Crippen LogP contribution in [0.1, 0.15) is 48.7 Å². The first-order valence-electron chi connectivity index (χ1n) is 11.5. The summed E-state index contributed by atoms with van der Waals surface area (Å²) in [5, 5.41) is 8.86. The van der Waals surface area contributed by atoms with Crippen molar-refractivity contribution in [2.24, 2.45) is 5.92 Å². The van der Waals surface area contributed by atoms with Gasteiger partial charge >= 0.3 is 0 Å². The van der Waals surface area contributed by atoms with Crippen molar-refractivity contribution in [1.82, 2.24) is 20.1 Å². The van der Waals surface area contributed by atoms with Crippen molar-refractivity contribution in [3.63, 3.8) is 0 Å². The van der Waals surface area contributed by atoms with Gasteiger partial charge in [-0.1, -0.05) is 56.2 Å². The normalized spacial score (nSPS) is 18.4. The predicted octanol–water partition coefficient (Wildman–Crippen LogP) is 5.84. The molecular weight excluding hydrogens is 415 g/mol. The molecule has 5 rings (SSSR count). The van der Waals surface area contributed by atoms with E-state index in [0.29, 0.717) is 22.9 Å². The second-order valence-corrected chi connectivity index (χ2v) is 8.97. The van der Waals surface area contributed by atoms with Crippen molar-refractivity contribution >= 4 is 16.9 Å². The fraction of sp³-hybridized carbons (Fsp3) is 0.296. The molecule has 0 unspecified atom stereocenters. The van der Waals surface area contributed by atoms with Gasteiger partial charge in [-0.2, -0.15) is 5.10 Å². The number of hydrogen-bond acceptors (Lipinski definition) is 3. The Morgan fingerprint density at radius 3 is 2.61 bits per heavy atom. The zero-order valence-electron chi connectivity index (χ0n) is 18.9. The highest BCUT2D eigenvalue weighted by Crippen LogP contribution is 2.32. The Bertz CT molecular complexity index is 1310. The third-order valence-corrected chi connectivity index (χ3v) is 6.60. The Hall–Kier alpha value is -3.54. The zero-order valence-corrected chi connectivity index (χ0v) is 18.9. The van der Waals surface area contributed by atoms with Crippen LogP contribution in [0.2, 0.25) is 0 Å². The van der Waals surface area contributed by atoms with E-state index in [9.17, 15) is 9.18 Å². The molecule has 2 aromatic carbocycles. The molecule has 2 heterocycles. The van der Waals surface area contributed by atoms with Gasteiger partial charge in [0.25, 0.3) is 5.91 Å². The lowest BCUT2D eigenvalue weighted by atomic mass is 9.86. The van der Waals surface area contributed by atoms with Gasteiger partial charge < -0.3 is 5.32 Å². The largest absolute Gasteiger partial charge is 0.348 e. The quantitative estimate of drug-likeness (QED) is 0.432. The molecule has 6 heteroatoms. The molecule has 33 heavy (non-hydrogen) atoms. The van der Waals surface area contributed by atoms with Crippen LogP contribution in [-0.4, -0.2) is 26.7 Å². The lowest BCUT2D eigenvalue weighted by Gasteiger charge is -2.29. The molecule has 1 N–H and O–H groups in total. The lowest BCUT2D eigenvalue weighted by Crippen LogP contribution is -2.41. The summed E-state index contributed by atoms with van der Waals surface area (Å²) in [4.78, 5) is 17.9. The van der Waals surface area contributed by atoms with Gasteiger partial charge in [0.2, 0.25) is 0 Å². The molecule has 1 amide bonds. The average Bonchev–Trinajstić information content (AvgIpc) is 3.21. The summed E-state index contributed by atoms with van der Waals surface area (Å²) >= 11 is 0. The number of nitrogens with one attached hydrogen (secondary N) is 1. The van der Waals surface area contributed by atoms with Crippen LogP contribution in [0.15, 0.2) is 60.7 Å². The molecule has 5 nitrogen and oxygen atoms in total. The van der Waals surface area contributed by atoms with Gasteiger partial charge in [0.1, 0.15) is 17.2 Å². The van der Waals surface area contributed by atoms with E-state index < -0.39 is 0 Å². The number of nitrogens with zero attached hydrogens (tertiary/aromatic N) is 3. The van der Waals surface area contributed by atoms with Gasteiger partial charge in [-0.3, -0.25) is 4.79 Å². The first-order valence-corrected chi connectivity index (χ1v) is 11.5. The Morgan fingerprint density at radius 2 is 1.85 bits per heavy atom. The van der Waals surface area contributed by atoms with Crippen LogP contribution < -0.4 is 5.32 Å². The van der Waals surface area contributed by atoms with Gasteiger partial charge in [0.15, 0.2) is 5.65 Å². The summed E-state index contributed by atoms with van der Waals surface area (Å²) in [6.07, 6.45) is 4.47. The minimum Gasteiger partial charge on any atom is -0.348 e. The minimum absolute atomic E-state index is 0.164. The average molecular weight is 443 g/mol. The highest BCUT2D eigenvalue weighted by Gasteiger charge is 2.25. The van der Waals surface area contributed by atoms with Crippen molar-refractivity contribution in [3.05, 3.63) is 77.7 Å². The Labute approximate surface area is 192 Å². The summed E-state index contributed by atoms with van der Waals surface area (Å²) in [7, 11) is 0. The Morgan fingerprint density at radius 1 is 1.06 bits per heavy atom. The summed E-state index contributed by atoms with van der Waals surface area (Å²) in [6.45, 7) is 4.16. The van der Waals surface area contributed by atoms with Crippen LogP contribution >= 0.6 is 0 Å². The first-order chi connectivity index (χ1) is 16.0. The maximum atomic E-state index is 14.0. The summed E-state index contributed by atoms with van der Waals surface area (Å²) in [5.74, 6) is -0.0728. The van der Waals surface area contributed by atoms with Gasteiger partial charge in [-0.15, -0.1) is 0 Å². The molecule has 0 aliphatic heterocycles. The first kappa shape index (κ1) is 21.3. The van der Waals surface area contributed by atoms with Crippen LogP contribution in [0.4, 0.5) is 4.39 Å². The predicted molar refractivity (Wildman–Crippen MR) is 128 cm³/mol. The van der Waals surface area contributed by atoms with Crippen molar-refractivity contribution in [2.75, 3.05) is 0 Å². The van der Waals surface area contributed by atoms with E-state index in [4.69, 9.17) is 10.1 Å². The van der Waals surface area contributed by atoms with E-state index in [1.165, 1.54) is 18.6 Å². The number of hydrogen-bond donors (Lipinski definition) is 1. The molecule has 4 aromatic rings. The van der Waals surface area contributed by atoms with Crippen molar-refractivity contribution < 1.29 is 9.18 Å². The van der Waals surface area contributed by atoms with E-state index in [0.717, 1.165) is 41.5 Å². The zero-order chi connectivity index (χ0) is 22.9. The van der Waals surface area contributed by atoms with Crippen LogP contribution in [0, 0.1) is 18.7 Å². The number of halogens is 1. The molecule has 2 atom stereocenters. The van der Waals surface area contributed by atoms with Gasteiger partial charge in [0.05, 0.1) is 11.1 Å². The highest BCUT2D eigenvalue weighted by atomic mass is 19.1. The van der Waals surface area contributed by atoms with Crippen molar-refractivity contribution in [1.29, 1.82) is 0 Å². The summed E-state index contributed by atoms with van der Waals surface area (Å²) < 4.78 is 15.7. The number of carbonyl (C=O) groups is 1. The van der Waals surface area contributed by atoms with E-state index in [2.05, 4.69) is 12.2 Å². The molecular formula is C27H27FN4O. The number of rotatable bonds is 4. The summed E-state index contributed by atoms with van der Waals surface area (Å²) in [6, 6.07) is 18.1. The molecule has 1 aliphatic rings. The maximum absolute atomic E-state index is 14.0. The smallest absolute Gasteiger partial charge is 0.270 e. The van der Waals surface area contributed by atoms with E-state index in [1.807, 2.05) is 43.3 Å². The fourth-order valence-electron chi connectivity index (χ4n) is 4.77. The Kier molecular flexibility index (Phi) is 5.67. The van der Waals surface area contributed by atoms with Gasteiger partial charge in [-0.25, -0.2) is 14.1 Å². The van der Waals surface area contributed by atoms with Crippen LogP contribution in [0.25, 0.3) is 28.0 Å². The molecule has 168 valence electrons. The number of amides is 1. The van der Waals surface area contributed by atoms with Crippen LogP contribution in [-0.2, 0) is 0 Å². The number of benzene rings is 2. The Balaban J connectivity index is 1.64. The standard InChI is InChI=1S/C27H27FN4O/c1-17-9-6-7-14-22(17)30-27(33)23-15-18(2)24-25(19-10-4-3-5-11-19)31-32(26(24)29-23)21-13-8-12-20(28)16-21/h3-5,8,10-13,15-17,22H,6-7,9,14H2,1-2H3,(H,30,33)/t17-,22-/m1/s1. The molecule has 0 spiro atoms. The molecule has 1 aliphatic carbocycles. The maximum Gasteiger partial charge on any atom is 0.270 e. The van der Waals surface area contributed by atoms with Gasteiger partial charge in [-0.05, 0) is 55.5 Å². The molecule has 0 saturated heterocycles. The topological polar surface area (TPSA) is 59.8 Å². The van der Waals surface area contributed by atoms with Crippen molar-refractivity contribution in [3.8, 4) is 16.9 Å². The number of pyridine rings is 1. The second kappa shape index (κ2) is 8.77. The number of carbonyl (C=O) groups excluding carboxylic acids is 1. The third kappa shape index (κ3) is 4.13. The number of aryl methyl sites for hydroxylation is 1. The molecule has 2 aromatic heterocycles. The molecule has 0 bridgehead atoms. The molecule has 1 saturated carbocycles. The van der Waals surface area contributed by atoms with E-state index >= 15 is 0 Å². The fourth-order valence-corrected chi connectivity index (χ4v) is 4.77. The number of aromatic nitrogens is 3. The third-order valence-electron chi connectivity index (χ3n) is 6.60. The summed E-state index contributed by atoms with van der Waals surface area (Å²) in [5.41, 5.74) is 4.07. The second-order valence-electron chi connectivity index (χ2n) is 8.97. The monoisotopic (exact) mass is 442 g/mol. The highest BCUT2D eigenvalue weighted by molar-refractivity contribution is 5.99. The lowest BCUT2D eigenvalue weighted by molar-refractivity contribution is 0.0905. The molecule has 1 fully saturated rings. The number of fused-ring (bicyclic) bond motifs is 1. The van der Waals surface area contributed by atoms with Gasteiger partial charge in [0, 0.05) is 11.6 Å². The minimum atomic E-state index is -0.352. The van der Waals surface area contributed by atoms with Crippen LogP contribution in [0.3, 0.4) is 0 Å². The SMILES string of the molecule is Cc1cc(C(=O)N[C@@H]2CCCC[C@H]2C)nc2c1c(-c1ccccc1)nn2-c1cccc(F)c1. The molecule has 0 radical (unpaired) electrons.